The van der Waals surface area contributed by atoms with Gasteiger partial charge in [0.15, 0.2) is 0 Å². The predicted molar refractivity (Wildman–Crippen MR) is 79.3 cm³/mol. The molecule has 1 aliphatic rings. The number of rotatable bonds is 6. The lowest BCUT2D eigenvalue weighted by Gasteiger charge is -2.38. The van der Waals surface area contributed by atoms with Gasteiger partial charge in [-0.15, -0.1) is 0 Å². The van der Waals surface area contributed by atoms with Crippen molar-refractivity contribution in [3.8, 4) is 0 Å². The van der Waals surface area contributed by atoms with E-state index in [-0.39, 0.29) is 12.4 Å². The van der Waals surface area contributed by atoms with E-state index in [1.54, 1.807) is 12.1 Å². The Bertz CT molecular complexity index is 405. The quantitative estimate of drug-likeness (QED) is 0.860. The number of halogens is 1. The first-order valence-corrected chi connectivity index (χ1v) is 7.51. The van der Waals surface area contributed by atoms with Crippen LogP contribution in [0.1, 0.15) is 18.9 Å². The number of nitrogens with zero attached hydrogens (tertiary/aromatic N) is 2. The van der Waals surface area contributed by atoms with Crippen LogP contribution in [0.3, 0.4) is 0 Å². The normalized spacial score (nSPS) is 19.1. The maximum atomic E-state index is 13.1. The number of hydrogen-bond donors (Lipinski definition) is 1. The van der Waals surface area contributed by atoms with Crippen LogP contribution in [-0.2, 0) is 6.42 Å². The topological polar surface area (TPSA) is 26.7 Å². The molecule has 0 radical (unpaired) electrons. The summed E-state index contributed by atoms with van der Waals surface area (Å²) in [5, 5.41) is 8.94. The van der Waals surface area contributed by atoms with Gasteiger partial charge in [0.05, 0.1) is 6.61 Å². The Kier molecular flexibility index (Phi) is 5.95. The fourth-order valence-corrected chi connectivity index (χ4v) is 2.82. The van der Waals surface area contributed by atoms with Crippen LogP contribution in [0.2, 0.25) is 0 Å². The van der Waals surface area contributed by atoms with Crippen LogP contribution in [0.5, 0.6) is 0 Å². The van der Waals surface area contributed by atoms with Gasteiger partial charge in [0.25, 0.3) is 0 Å². The first-order valence-electron chi connectivity index (χ1n) is 7.51. The van der Waals surface area contributed by atoms with Crippen molar-refractivity contribution in [2.24, 2.45) is 0 Å². The lowest BCUT2D eigenvalue weighted by atomic mass is 10.0. The SMILES string of the molecule is C[C@H](CCc1cccc(F)c1)N1CCN(CCO)CC1. The van der Waals surface area contributed by atoms with Crippen molar-refractivity contribution in [2.75, 3.05) is 39.3 Å². The number of aliphatic hydroxyl groups is 1. The van der Waals surface area contributed by atoms with Crippen LogP contribution in [0.15, 0.2) is 24.3 Å². The second-order valence-electron chi connectivity index (χ2n) is 5.62. The molecule has 1 atom stereocenters. The molecule has 1 aromatic rings. The van der Waals surface area contributed by atoms with Crippen molar-refractivity contribution >= 4 is 0 Å². The van der Waals surface area contributed by atoms with Crippen molar-refractivity contribution in [1.29, 1.82) is 0 Å². The van der Waals surface area contributed by atoms with Crippen LogP contribution in [0.25, 0.3) is 0 Å². The van der Waals surface area contributed by atoms with Crippen molar-refractivity contribution in [3.05, 3.63) is 35.6 Å². The number of β-amino-alcohol motifs (C(OH)–C–C–N with tert-alkyl or cyclic N) is 1. The molecule has 1 fully saturated rings. The van der Waals surface area contributed by atoms with E-state index in [0.717, 1.165) is 51.1 Å². The largest absolute Gasteiger partial charge is 0.395 e. The summed E-state index contributed by atoms with van der Waals surface area (Å²) in [5.41, 5.74) is 1.08. The molecule has 2 rings (SSSR count). The predicted octanol–water partition coefficient (Wildman–Crippen LogP) is 1.76. The number of piperazine rings is 1. The van der Waals surface area contributed by atoms with E-state index in [0.29, 0.717) is 6.04 Å². The minimum absolute atomic E-state index is 0.146. The Morgan fingerprint density at radius 3 is 2.65 bits per heavy atom. The molecule has 1 saturated heterocycles. The molecule has 0 spiro atoms. The minimum atomic E-state index is -0.146. The van der Waals surface area contributed by atoms with Crippen LogP contribution >= 0.6 is 0 Å². The Morgan fingerprint density at radius 1 is 1.25 bits per heavy atom. The summed E-state index contributed by atoms with van der Waals surface area (Å²) < 4.78 is 13.1. The molecule has 20 heavy (non-hydrogen) atoms. The van der Waals surface area contributed by atoms with Gasteiger partial charge in [-0.1, -0.05) is 12.1 Å². The maximum Gasteiger partial charge on any atom is 0.123 e. The molecule has 0 bridgehead atoms. The van der Waals surface area contributed by atoms with Gasteiger partial charge in [0.1, 0.15) is 5.82 Å². The van der Waals surface area contributed by atoms with Gasteiger partial charge >= 0.3 is 0 Å². The van der Waals surface area contributed by atoms with Gasteiger partial charge in [-0.25, -0.2) is 4.39 Å². The van der Waals surface area contributed by atoms with E-state index >= 15 is 0 Å². The third kappa shape index (κ3) is 4.54. The maximum absolute atomic E-state index is 13.1. The molecular formula is C16H25FN2O. The lowest BCUT2D eigenvalue weighted by Crippen LogP contribution is -2.50. The summed E-state index contributed by atoms with van der Waals surface area (Å²) in [7, 11) is 0. The summed E-state index contributed by atoms with van der Waals surface area (Å²) in [6, 6.07) is 7.42. The summed E-state index contributed by atoms with van der Waals surface area (Å²) in [6.45, 7) is 7.46. The molecular weight excluding hydrogens is 255 g/mol. The lowest BCUT2D eigenvalue weighted by molar-refractivity contribution is 0.0862. The molecule has 3 nitrogen and oxygen atoms in total. The van der Waals surface area contributed by atoms with E-state index in [4.69, 9.17) is 5.11 Å². The summed E-state index contributed by atoms with van der Waals surface area (Å²) in [6.07, 6.45) is 1.99. The van der Waals surface area contributed by atoms with Crippen molar-refractivity contribution in [3.63, 3.8) is 0 Å². The van der Waals surface area contributed by atoms with Gasteiger partial charge in [-0.05, 0) is 37.5 Å². The summed E-state index contributed by atoms with van der Waals surface area (Å²) in [5.74, 6) is -0.146. The third-order valence-corrected chi connectivity index (χ3v) is 4.19. The minimum Gasteiger partial charge on any atom is -0.395 e. The number of benzene rings is 1. The van der Waals surface area contributed by atoms with Crippen LogP contribution in [0, 0.1) is 5.82 Å². The molecule has 1 aliphatic heterocycles. The zero-order valence-electron chi connectivity index (χ0n) is 12.3. The smallest absolute Gasteiger partial charge is 0.123 e. The second-order valence-corrected chi connectivity index (χ2v) is 5.62. The van der Waals surface area contributed by atoms with E-state index in [1.165, 1.54) is 6.07 Å². The fraction of sp³-hybridized carbons (Fsp3) is 0.625. The molecule has 0 aromatic heterocycles. The zero-order valence-corrected chi connectivity index (χ0v) is 12.3. The molecule has 1 heterocycles. The molecule has 112 valence electrons. The highest BCUT2D eigenvalue weighted by molar-refractivity contribution is 5.16. The van der Waals surface area contributed by atoms with Gasteiger partial charge in [0, 0.05) is 38.8 Å². The summed E-state index contributed by atoms with van der Waals surface area (Å²) in [4.78, 5) is 4.79. The fourth-order valence-electron chi connectivity index (χ4n) is 2.82. The van der Waals surface area contributed by atoms with Gasteiger partial charge < -0.3 is 5.11 Å². The first-order chi connectivity index (χ1) is 9.69. The highest BCUT2D eigenvalue weighted by Gasteiger charge is 2.20. The number of aliphatic hydroxyl groups excluding tert-OH is 1. The molecule has 1 N–H and O–H groups in total. The average molecular weight is 280 g/mol. The van der Waals surface area contributed by atoms with Gasteiger partial charge in [0.2, 0.25) is 0 Å². The van der Waals surface area contributed by atoms with Crippen molar-refractivity contribution in [1.82, 2.24) is 9.80 Å². The van der Waals surface area contributed by atoms with Gasteiger partial charge in [-0.3, -0.25) is 9.80 Å². The molecule has 0 amide bonds. The van der Waals surface area contributed by atoms with E-state index in [9.17, 15) is 4.39 Å². The molecule has 0 aliphatic carbocycles. The standard InChI is InChI=1S/C16H25FN2O/c1-14(5-6-15-3-2-4-16(17)13-15)19-9-7-18(8-10-19)11-12-20/h2-4,13-14,20H,5-12H2,1H3/t14-/m1/s1. The number of aryl methyl sites for hydroxylation is 1. The van der Waals surface area contributed by atoms with Crippen molar-refractivity contribution < 1.29 is 9.50 Å². The monoisotopic (exact) mass is 280 g/mol. The van der Waals surface area contributed by atoms with Crippen LogP contribution < -0.4 is 0 Å². The Morgan fingerprint density at radius 2 is 2.00 bits per heavy atom. The van der Waals surface area contributed by atoms with E-state index in [1.807, 2.05) is 6.07 Å². The Balaban J connectivity index is 1.74. The molecule has 1 aromatic carbocycles. The van der Waals surface area contributed by atoms with Gasteiger partial charge in [-0.2, -0.15) is 0 Å². The van der Waals surface area contributed by atoms with Crippen LogP contribution in [-0.4, -0.2) is 60.3 Å². The molecule has 0 unspecified atom stereocenters. The highest BCUT2D eigenvalue weighted by Crippen LogP contribution is 2.13. The Hall–Kier alpha value is -0.970. The van der Waals surface area contributed by atoms with Crippen LogP contribution in [0.4, 0.5) is 4.39 Å². The number of hydrogen-bond acceptors (Lipinski definition) is 3. The molecule has 4 heteroatoms. The molecule has 0 saturated carbocycles. The first kappa shape index (κ1) is 15.4. The van der Waals surface area contributed by atoms with E-state index < -0.39 is 0 Å². The van der Waals surface area contributed by atoms with Crippen molar-refractivity contribution in [2.45, 2.75) is 25.8 Å². The second kappa shape index (κ2) is 7.72. The highest BCUT2D eigenvalue weighted by atomic mass is 19.1. The Labute approximate surface area is 121 Å². The summed E-state index contributed by atoms with van der Waals surface area (Å²) >= 11 is 0. The zero-order chi connectivity index (χ0) is 14.4. The third-order valence-electron chi connectivity index (χ3n) is 4.19. The average Bonchev–Trinajstić information content (AvgIpc) is 2.46. The van der Waals surface area contributed by atoms with E-state index in [2.05, 4.69) is 16.7 Å².